The first-order valence-corrected chi connectivity index (χ1v) is 5.97. The van der Waals surface area contributed by atoms with E-state index in [1.54, 1.807) is 26.5 Å². The molecule has 1 N–H and O–H groups in total. The van der Waals surface area contributed by atoms with Crippen LogP contribution in [0.2, 0.25) is 0 Å². The monoisotopic (exact) mass is 237 g/mol. The molecule has 1 aromatic rings. The van der Waals surface area contributed by atoms with Gasteiger partial charge in [0.2, 0.25) is 0 Å². The molecule has 0 aliphatic heterocycles. The van der Waals surface area contributed by atoms with E-state index in [0.29, 0.717) is 17.9 Å². The number of hydrogen-bond acceptors (Lipinski definition) is 4. The first kappa shape index (κ1) is 12.3. The van der Waals surface area contributed by atoms with Crippen LogP contribution in [0.3, 0.4) is 0 Å². The topological polar surface area (TPSA) is 51.6 Å². The quantitative estimate of drug-likeness (QED) is 0.872. The van der Waals surface area contributed by atoms with Crippen LogP contribution in [0.25, 0.3) is 0 Å². The first-order valence-electron chi connectivity index (χ1n) is 5.97. The molecule has 0 radical (unpaired) electrons. The van der Waals surface area contributed by atoms with Gasteiger partial charge in [0.15, 0.2) is 0 Å². The Hall–Kier alpha value is -1.13. The van der Waals surface area contributed by atoms with Crippen molar-refractivity contribution in [2.45, 2.75) is 37.4 Å². The van der Waals surface area contributed by atoms with Gasteiger partial charge in [0.05, 0.1) is 13.2 Å². The van der Waals surface area contributed by atoms with Crippen molar-refractivity contribution < 1.29 is 14.6 Å². The Morgan fingerprint density at radius 1 is 1.41 bits per heavy atom. The summed E-state index contributed by atoms with van der Waals surface area (Å²) >= 11 is 0. The lowest BCUT2D eigenvalue weighted by Gasteiger charge is -2.38. The van der Waals surface area contributed by atoms with Gasteiger partial charge in [-0.25, -0.2) is 0 Å². The summed E-state index contributed by atoms with van der Waals surface area (Å²) in [5, 5.41) is 10.8. The maximum absolute atomic E-state index is 10.8. The maximum Gasteiger partial charge on any atom is 0.143 e. The Balaban J connectivity index is 2.41. The average molecular weight is 237 g/mol. The molecule has 0 saturated heterocycles. The average Bonchev–Trinajstić information content (AvgIpc) is 2.39. The Morgan fingerprint density at radius 3 is 2.94 bits per heavy atom. The summed E-state index contributed by atoms with van der Waals surface area (Å²) in [7, 11) is 3.23. The number of pyridine rings is 1. The molecule has 0 bridgehead atoms. The third-order valence-corrected chi connectivity index (χ3v) is 3.49. The van der Waals surface area contributed by atoms with Crippen molar-refractivity contribution in [2.75, 3.05) is 14.2 Å². The van der Waals surface area contributed by atoms with Crippen molar-refractivity contribution >= 4 is 0 Å². The number of aliphatic hydroxyl groups is 1. The van der Waals surface area contributed by atoms with Crippen LogP contribution in [0, 0.1) is 0 Å². The fraction of sp³-hybridized carbons (Fsp3) is 0.615. The maximum atomic E-state index is 10.8. The van der Waals surface area contributed by atoms with Crippen molar-refractivity contribution in [2.24, 2.45) is 0 Å². The van der Waals surface area contributed by atoms with E-state index < -0.39 is 5.60 Å². The predicted octanol–water partition coefficient (Wildman–Crippen LogP) is 1.87. The lowest BCUT2D eigenvalue weighted by Crippen LogP contribution is -2.44. The van der Waals surface area contributed by atoms with Crippen LogP contribution >= 0.6 is 0 Å². The van der Waals surface area contributed by atoms with Gasteiger partial charge in [-0.05, 0) is 31.4 Å². The molecule has 17 heavy (non-hydrogen) atoms. The van der Waals surface area contributed by atoms with E-state index in [2.05, 4.69) is 4.98 Å². The molecule has 2 rings (SSSR count). The molecule has 1 aromatic heterocycles. The van der Waals surface area contributed by atoms with Crippen LogP contribution in [0.15, 0.2) is 18.3 Å². The molecular weight excluding hydrogens is 218 g/mol. The first-order chi connectivity index (χ1) is 8.22. The number of aromatic nitrogens is 1. The number of nitrogens with zero attached hydrogens (tertiary/aromatic N) is 1. The van der Waals surface area contributed by atoms with E-state index in [1.807, 2.05) is 6.07 Å². The van der Waals surface area contributed by atoms with Gasteiger partial charge in [-0.15, -0.1) is 0 Å². The molecule has 1 aliphatic carbocycles. The molecule has 2 atom stereocenters. The van der Waals surface area contributed by atoms with Gasteiger partial charge in [-0.3, -0.25) is 4.98 Å². The second kappa shape index (κ2) is 5.02. The number of rotatable bonds is 3. The van der Waals surface area contributed by atoms with Crippen LogP contribution in [0.4, 0.5) is 0 Å². The van der Waals surface area contributed by atoms with E-state index >= 15 is 0 Å². The van der Waals surface area contributed by atoms with Gasteiger partial charge in [0.1, 0.15) is 17.0 Å². The van der Waals surface area contributed by atoms with Crippen LogP contribution in [-0.4, -0.2) is 30.4 Å². The van der Waals surface area contributed by atoms with Gasteiger partial charge in [0, 0.05) is 13.3 Å². The molecule has 1 heterocycles. The minimum absolute atomic E-state index is 0.208. The number of methoxy groups -OCH3 is 2. The van der Waals surface area contributed by atoms with Gasteiger partial charge in [-0.1, -0.05) is 6.42 Å². The number of hydrogen-bond donors (Lipinski definition) is 1. The second-order valence-corrected chi connectivity index (χ2v) is 4.45. The van der Waals surface area contributed by atoms with Crippen LogP contribution in [-0.2, 0) is 10.3 Å². The summed E-state index contributed by atoms with van der Waals surface area (Å²) in [4.78, 5) is 4.29. The lowest BCUT2D eigenvalue weighted by molar-refractivity contribution is -0.126. The molecule has 1 saturated carbocycles. The van der Waals surface area contributed by atoms with Crippen molar-refractivity contribution in [3.8, 4) is 5.75 Å². The van der Waals surface area contributed by atoms with Crippen molar-refractivity contribution in [3.63, 3.8) is 0 Å². The fourth-order valence-electron chi connectivity index (χ4n) is 2.59. The van der Waals surface area contributed by atoms with Crippen molar-refractivity contribution in [1.29, 1.82) is 0 Å². The lowest BCUT2D eigenvalue weighted by atomic mass is 9.79. The minimum atomic E-state index is -1.03. The van der Waals surface area contributed by atoms with Gasteiger partial charge < -0.3 is 14.6 Å². The molecule has 0 aromatic carbocycles. The second-order valence-electron chi connectivity index (χ2n) is 4.45. The highest BCUT2D eigenvalue weighted by Gasteiger charge is 2.43. The van der Waals surface area contributed by atoms with Crippen LogP contribution in [0.5, 0.6) is 5.75 Å². The van der Waals surface area contributed by atoms with Crippen LogP contribution in [0.1, 0.15) is 31.4 Å². The summed E-state index contributed by atoms with van der Waals surface area (Å²) in [5.74, 6) is 0.624. The number of ether oxygens (including phenoxy) is 2. The summed E-state index contributed by atoms with van der Waals surface area (Å²) in [6.07, 6.45) is 5.05. The Bertz CT molecular complexity index is 383. The van der Waals surface area contributed by atoms with E-state index in [4.69, 9.17) is 9.47 Å². The zero-order chi connectivity index (χ0) is 12.3. The fourth-order valence-corrected chi connectivity index (χ4v) is 2.59. The molecule has 4 heteroatoms. The zero-order valence-electron chi connectivity index (χ0n) is 10.3. The van der Waals surface area contributed by atoms with E-state index in [1.165, 1.54) is 0 Å². The van der Waals surface area contributed by atoms with E-state index in [-0.39, 0.29) is 6.10 Å². The molecular formula is C13H19NO3. The predicted molar refractivity (Wildman–Crippen MR) is 64.0 cm³/mol. The highest BCUT2D eigenvalue weighted by Crippen LogP contribution is 2.41. The third kappa shape index (κ3) is 2.15. The van der Waals surface area contributed by atoms with E-state index in [0.717, 1.165) is 19.3 Å². The summed E-state index contributed by atoms with van der Waals surface area (Å²) in [6, 6.07) is 3.62. The summed E-state index contributed by atoms with van der Waals surface area (Å²) in [5.41, 5.74) is -0.436. The highest BCUT2D eigenvalue weighted by molar-refractivity contribution is 5.33. The summed E-state index contributed by atoms with van der Waals surface area (Å²) in [6.45, 7) is 0. The van der Waals surface area contributed by atoms with E-state index in [9.17, 15) is 5.11 Å². The minimum Gasteiger partial charge on any atom is -0.495 e. The largest absolute Gasteiger partial charge is 0.495 e. The van der Waals surface area contributed by atoms with Crippen molar-refractivity contribution in [3.05, 3.63) is 24.0 Å². The standard InChI is InChI=1S/C13H19NO3/c1-16-10-6-5-9-14-12(10)13(15)8-4-3-7-11(13)17-2/h5-6,9,11,15H,3-4,7-8H2,1-2H3. The SMILES string of the molecule is COc1cccnc1C1(O)CCCCC1OC. The van der Waals surface area contributed by atoms with Gasteiger partial charge >= 0.3 is 0 Å². The van der Waals surface area contributed by atoms with Crippen molar-refractivity contribution in [1.82, 2.24) is 4.98 Å². The molecule has 1 aliphatic rings. The molecule has 1 fully saturated rings. The van der Waals surface area contributed by atoms with Gasteiger partial charge in [-0.2, -0.15) is 0 Å². The molecule has 2 unspecified atom stereocenters. The highest BCUT2D eigenvalue weighted by atomic mass is 16.5. The molecule has 0 spiro atoms. The Morgan fingerprint density at radius 2 is 2.24 bits per heavy atom. The van der Waals surface area contributed by atoms with Crippen LogP contribution < -0.4 is 4.74 Å². The Labute approximate surface area is 102 Å². The molecule has 94 valence electrons. The smallest absolute Gasteiger partial charge is 0.143 e. The molecule has 4 nitrogen and oxygen atoms in total. The molecule has 0 amide bonds. The third-order valence-electron chi connectivity index (χ3n) is 3.49. The summed E-state index contributed by atoms with van der Waals surface area (Å²) < 4.78 is 10.7. The zero-order valence-corrected chi connectivity index (χ0v) is 10.3. The Kier molecular flexibility index (Phi) is 3.64. The normalized spacial score (nSPS) is 29.0. The van der Waals surface area contributed by atoms with Gasteiger partial charge in [0.25, 0.3) is 0 Å².